The van der Waals surface area contributed by atoms with Gasteiger partial charge in [0.15, 0.2) is 0 Å². The molecule has 104 valence electrons. The Balaban J connectivity index is 2.15. The zero-order valence-electron chi connectivity index (χ0n) is 10.7. The minimum Gasteiger partial charge on any atom is -0.496 e. The smallest absolute Gasteiger partial charge is 0.255 e. The van der Waals surface area contributed by atoms with Crippen LogP contribution in [0.2, 0.25) is 5.02 Å². The van der Waals surface area contributed by atoms with Gasteiger partial charge in [0.2, 0.25) is 0 Å². The molecule has 0 aliphatic carbocycles. The molecule has 19 heavy (non-hydrogen) atoms. The average Bonchev–Trinajstić information content (AvgIpc) is 2.42. The number of nitrogens with one attached hydrogen (secondary N) is 1. The molecule has 0 saturated carbocycles. The molecule has 1 aromatic carbocycles. The van der Waals surface area contributed by atoms with E-state index in [1.54, 1.807) is 6.07 Å². The number of nitrogen functional groups attached to an aromatic ring is 1. The van der Waals surface area contributed by atoms with Crippen LogP contribution in [-0.4, -0.2) is 32.3 Å². The van der Waals surface area contributed by atoms with Gasteiger partial charge in [-0.1, -0.05) is 11.6 Å². The van der Waals surface area contributed by atoms with Gasteiger partial charge in [0, 0.05) is 25.3 Å². The summed E-state index contributed by atoms with van der Waals surface area (Å²) in [6, 6.07) is 3.22. The molecule has 1 saturated heterocycles. The molecule has 2 rings (SSSR count). The monoisotopic (exact) mass is 284 g/mol. The Bertz CT molecular complexity index is 473. The normalized spacial score (nSPS) is 16.1. The van der Waals surface area contributed by atoms with Crippen molar-refractivity contribution in [2.75, 3.05) is 26.1 Å². The largest absolute Gasteiger partial charge is 0.496 e. The standard InChI is InChI=1S/C13H17ClN2O3/c1-18-12-7-11(15)10(14)6-9(12)13(17)16-8-2-4-19-5-3-8/h6-8H,2-5,15H2,1H3,(H,16,17). The summed E-state index contributed by atoms with van der Waals surface area (Å²) in [5.74, 6) is 0.220. The van der Waals surface area contributed by atoms with Crippen molar-refractivity contribution in [1.82, 2.24) is 5.32 Å². The van der Waals surface area contributed by atoms with E-state index in [0.717, 1.165) is 12.8 Å². The van der Waals surface area contributed by atoms with E-state index < -0.39 is 0 Å². The lowest BCUT2D eigenvalue weighted by molar-refractivity contribution is 0.0695. The summed E-state index contributed by atoms with van der Waals surface area (Å²) < 4.78 is 10.4. The molecular formula is C13H17ClN2O3. The maximum Gasteiger partial charge on any atom is 0.255 e. The Kier molecular flexibility index (Phi) is 4.50. The number of carbonyl (C=O) groups excluding carboxylic acids is 1. The van der Waals surface area contributed by atoms with Crippen LogP contribution in [0.4, 0.5) is 5.69 Å². The molecule has 0 bridgehead atoms. The van der Waals surface area contributed by atoms with Crippen molar-refractivity contribution in [2.45, 2.75) is 18.9 Å². The number of hydrogen-bond acceptors (Lipinski definition) is 4. The van der Waals surface area contributed by atoms with E-state index in [-0.39, 0.29) is 11.9 Å². The first-order valence-corrected chi connectivity index (χ1v) is 6.51. The maximum absolute atomic E-state index is 12.2. The Morgan fingerprint density at radius 3 is 2.79 bits per heavy atom. The molecule has 0 unspecified atom stereocenters. The van der Waals surface area contributed by atoms with E-state index in [1.807, 2.05) is 0 Å². The van der Waals surface area contributed by atoms with E-state index in [4.69, 9.17) is 26.8 Å². The molecule has 1 aliphatic rings. The van der Waals surface area contributed by atoms with Crippen molar-refractivity contribution >= 4 is 23.2 Å². The third kappa shape index (κ3) is 3.30. The third-order valence-electron chi connectivity index (χ3n) is 3.12. The number of nitrogens with two attached hydrogens (primary N) is 1. The van der Waals surface area contributed by atoms with Crippen molar-refractivity contribution in [2.24, 2.45) is 0 Å². The van der Waals surface area contributed by atoms with Crippen LogP contribution in [0, 0.1) is 0 Å². The van der Waals surface area contributed by atoms with Crippen LogP contribution >= 0.6 is 11.6 Å². The highest BCUT2D eigenvalue weighted by molar-refractivity contribution is 6.33. The van der Waals surface area contributed by atoms with E-state index in [2.05, 4.69) is 5.32 Å². The highest BCUT2D eigenvalue weighted by Crippen LogP contribution is 2.29. The first-order valence-electron chi connectivity index (χ1n) is 6.13. The van der Waals surface area contributed by atoms with Gasteiger partial charge in [0.25, 0.3) is 5.91 Å². The van der Waals surface area contributed by atoms with Gasteiger partial charge in [0.05, 0.1) is 23.4 Å². The van der Waals surface area contributed by atoms with Crippen LogP contribution in [-0.2, 0) is 4.74 Å². The van der Waals surface area contributed by atoms with Crippen molar-refractivity contribution in [3.8, 4) is 5.75 Å². The summed E-state index contributed by atoms with van der Waals surface area (Å²) in [6.07, 6.45) is 1.63. The SMILES string of the molecule is COc1cc(N)c(Cl)cc1C(=O)NC1CCOCC1. The van der Waals surface area contributed by atoms with Crippen molar-refractivity contribution in [3.63, 3.8) is 0 Å². The van der Waals surface area contributed by atoms with Gasteiger partial charge in [0.1, 0.15) is 5.75 Å². The van der Waals surface area contributed by atoms with Crippen LogP contribution in [0.3, 0.4) is 0 Å². The molecule has 0 atom stereocenters. The number of carbonyl (C=O) groups is 1. The predicted octanol–water partition coefficient (Wildman–Crippen LogP) is 1.84. The van der Waals surface area contributed by atoms with Gasteiger partial charge in [-0.2, -0.15) is 0 Å². The maximum atomic E-state index is 12.2. The van der Waals surface area contributed by atoms with Gasteiger partial charge in [-0.05, 0) is 18.9 Å². The number of hydrogen-bond donors (Lipinski definition) is 2. The number of anilines is 1. The van der Waals surface area contributed by atoms with Crippen LogP contribution in [0.25, 0.3) is 0 Å². The second kappa shape index (κ2) is 6.12. The second-order valence-corrected chi connectivity index (χ2v) is 4.84. The Labute approximate surface area is 117 Å². The summed E-state index contributed by atoms with van der Waals surface area (Å²) in [5, 5.41) is 3.30. The molecule has 0 radical (unpaired) electrons. The van der Waals surface area contributed by atoms with E-state index in [1.165, 1.54) is 13.2 Å². The van der Waals surface area contributed by atoms with Gasteiger partial charge < -0.3 is 20.5 Å². The number of methoxy groups -OCH3 is 1. The zero-order valence-corrected chi connectivity index (χ0v) is 11.5. The van der Waals surface area contributed by atoms with E-state index in [9.17, 15) is 4.79 Å². The average molecular weight is 285 g/mol. The summed E-state index contributed by atoms with van der Waals surface area (Å²) >= 11 is 5.95. The molecule has 0 aromatic heterocycles. The lowest BCUT2D eigenvalue weighted by atomic mass is 10.1. The summed E-state index contributed by atoms with van der Waals surface area (Å²) in [4.78, 5) is 12.2. The van der Waals surface area contributed by atoms with Crippen LogP contribution in [0.1, 0.15) is 23.2 Å². The topological polar surface area (TPSA) is 73.6 Å². The van der Waals surface area contributed by atoms with Crippen LogP contribution in [0.15, 0.2) is 12.1 Å². The molecule has 1 heterocycles. The van der Waals surface area contributed by atoms with Crippen molar-refractivity contribution < 1.29 is 14.3 Å². The summed E-state index contributed by atoms with van der Waals surface area (Å²) in [7, 11) is 1.49. The molecule has 6 heteroatoms. The van der Waals surface area contributed by atoms with Gasteiger partial charge in [-0.15, -0.1) is 0 Å². The molecule has 3 N–H and O–H groups in total. The lowest BCUT2D eigenvalue weighted by Gasteiger charge is -2.23. The molecule has 1 fully saturated rings. The summed E-state index contributed by atoms with van der Waals surface area (Å²) in [5.41, 5.74) is 6.48. The first kappa shape index (κ1) is 14.0. The van der Waals surface area contributed by atoms with Crippen LogP contribution < -0.4 is 15.8 Å². The molecule has 1 aliphatic heterocycles. The van der Waals surface area contributed by atoms with Gasteiger partial charge in [-0.25, -0.2) is 0 Å². The quantitative estimate of drug-likeness (QED) is 0.831. The fraction of sp³-hybridized carbons (Fsp3) is 0.462. The zero-order chi connectivity index (χ0) is 13.8. The molecular weight excluding hydrogens is 268 g/mol. The fourth-order valence-corrected chi connectivity index (χ4v) is 2.18. The lowest BCUT2D eigenvalue weighted by Crippen LogP contribution is -2.39. The predicted molar refractivity (Wildman–Crippen MR) is 73.7 cm³/mol. The second-order valence-electron chi connectivity index (χ2n) is 4.43. The first-order chi connectivity index (χ1) is 9.11. The Morgan fingerprint density at radius 2 is 2.16 bits per heavy atom. The number of halogens is 1. The highest BCUT2D eigenvalue weighted by atomic mass is 35.5. The third-order valence-corrected chi connectivity index (χ3v) is 3.45. The van der Waals surface area contributed by atoms with E-state index >= 15 is 0 Å². The van der Waals surface area contributed by atoms with Crippen molar-refractivity contribution in [3.05, 3.63) is 22.7 Å². The molecule has 1 aromatic rings. The molecule has 5 nitrogen and oxygen atoms in total. The number of rotatable bonds is 3. The number of ether oxygens (including phenoxy) is 2. The Hall–Kier alpha value is -1.46. The highest BCUT2D eigenvalue weighted by Gasteiger charge is 2.20. The number of amides is 1. The van der Waals surface area contributed by atoms with Gasteiger partial charge in [-0.3, -0.25) is 4.79 Å². The summed E-state index contributed by atoms with van der Waals surface area (Å²) in [6.45, 7) is 1.34. The minimum atomic E-state index is -0.203. The van der Waals surface area contributed by atoms with E-state index in [0.29, 0.717) is 35.2 Å². The van der Waals surface area contributed by atoms with Crippen molar-refractivity contribution in [1.29, 1.82) is 0 Å². The minimum absolute atomic E-state index is 0.127. The van der Waals surface area contributed by atoms with Crippen LogP contribution in [0.5, 0.6) is 5.75 Å². The molecule has 0 spiro atoms. The fourth-order valence-electron chi connectivity index (χ4n) is 2.02. The molecule has 1 amide bonds. The number of benzene rings is 1. The van der Waals surface area contributed by atoms with Gasteiger partial charge >= 0.3 is 0 Å². The Morgan fingerprint density at radius 1 is 1.47 bits per heavy atom.